The lowest BCUT2D eigenvalue weighted by molar-refractivity contribution is 0.168. The first-order chi connectivity index (χ1) is 4.02. The van der Waals surface area contributed by atoms with E-state index in [1.807, 2.05) is 0 Å². The highest BCUT2D eigenvalue weighted by atomic mass is 16.3. The topological polar surface area (TPSA) is 20.2 Å². The van der Waals surface area contributed by atoms with Crippen LogP contribution in [0.1, 0.15) is 33.6 Å². The fraction of sp³-hybridized carbons (Fsp3) is 1.00. The highest BCUT2D eigenvalue weighted by Gasteiger charge is 2.36. The number of aliphatic hydroxyl groups excluding tert-OH is 1. The minimum absolute atomic E-state index is 0.0324. The summed E-state index contributed by atoms with van der Waals surface area (Å²) in [6.45, 7) is 6.68. The van der Waals surface area contributed by atoms with Gasteiger partial charge in [0, 0.05) is 0 Å². The summed E-state index contributed by atoms with van der Waals surface area (Å²) in [5.41, 5.74) is 0.374. The minimum atomic E-state index is -0.0324. The van der Waals surface area contributed by atoms with Gasteiger partial charge in [0.2, 0.25) is 0 Å². The van der Waals surface area contributed by atoms with Gasteiger partial charge in [-0.05, 0) is 24.2 Å². The van der Waals surface area contributed by atoms with Gasteiger partial charge in [0.1, 0.15) is 0 Å². The van der Waals surface area contributed by atoms with Gasteiger partial charge in [0.05, 0.1) is 6.10 Å². The first-order valence-corrected chi connectivity index (χ1v) is 3.70. The van der Waals surface area contributed by atoms with Gasteiger partial charge in [-0.15, -0.1) is 0 Å². The maximum atomic E-state index is 9.24. The smallest absolute Gasteiger partial charge is 0.0548 e. The van der Waals surface area contributed by atoms with Crippen LogP contribution in [0.3, 0.4) is 0 Å². The van der Waals surface area contributed by atoms with E-state index < -0.39 is 0 Å². The molecule has 1 aliphatic rings. The van der Waals surface area contributed by atoms with Gasteiger partial charge in [-0.1, -0.05) is 20.8 Å². The number of aliphatic hydroxyl groups is 1. The number of rotatable bonds is 0. The predicted molar refractivity (Wildman–Crippen MR) is 38.2 cm³/mol. The van der Waals surface area contributed by atoms with Gasteiger partial charge >= 0.3 is 0 Å². The minimum Gasteiger partial charge on any atom is -0.393 e. The van der Waals surface area contributed by atoms with Gasteiger partial charge in [-0.25, -0.2) is 0 Å². The molecule has 0 aromatic rings. The zero-order valence-corrected chi connectivity index (χ0v) is 6.52. The Morgan fingerprint density at radius 2 is 2.00 bits per heavy atom. The van der Waals surface area contributed by atoms with Gasteiger partial charge in [-0.3, -0.25) is 0 Å². The van der Waals surface area contributed by atoms with Gasteiger partial charge in [0.15, 0.2) is 0 Å². The maximum absolute atomic E-state index is 9.24. The second kappa shape index (κ2) is 1.98. The van der Waals surface area contributed by atoms with Crippen LogP contribution in [0.15, 0.2) is 0 Å². The molecule has 1 saturated carbocycles. The van der Waals surface area contributed by atoms with Crippen LogP contribution in [0.25, 0.3) is 0 Å². The first kappa shape index (κ1) is 7.07. The Morgan fingerprint density at radius 3 is 2.11 bits per heavy atom. The molecule has 1 fully saturated rings. The standard InChI is InChI=1S/C8H16O/c1-6-4-7(9)5-8(6,2)3/h6-7,9H,4-5H2,1-3H3/t6?,7-/m1/s1. The molecule has 0 saturated heterocycles. The van der Waals surface area contributed by atoms with Gasteiger partial charge < -0.3 is 5.11 Å². The van der Waals surface area contributed by atoms with Crippen molar-refractivity contribution in [3.8, 4) is 0 Å². The Balaban J connectivity index is 2.58. The summed E-state index contributed by atoms with van der Waals surface area (Å²) in [7, 11) is 0. The fourth-order valence-corrected chi connectivity index (χ4v) is 1.62. The summed E-state index contributed by atoms with van der Waals surface area (Å²) in [5, 5.41) is 9.24. The van der Waals surface area contributed by atoms with Gasteiger partial charge in [0.25, 0.3) is 0 Å². The van der Waals surface area contributed by atoms with Gasteiger partial charge in [-0.2, -0.15) is 0 Å². The molecule has 0 spiro atoms. The van der Waals surface area contributed by atoms with Crippen molar-refractivity contribution in [3.63, 3.8) is 0 Å². The van der Waals surface area contributed by atoms with Crippen molar-refractivity contribution in [1.29, 1.82) is 0 Å². The molecule has 2 atom stereocenters. The van der Waals surface area contributed by atoms with Crippen LogP contribution < -0.4 is 0 Å². The Morgan fingerprint density at radius 1 is 1.44 bits per heavy atom. The van der Waals surface area contributed by atoms with E-state index in [9.17, 15) is 5.11 Å². The molecule has 1 rings (SSSR count). The van der Waals surface area contributed by atoms with Crippen LogP contribution in [0, 0.1) is 11.3 Å². The SMILES string of the molecule is CC1C[C@@H](O)CC1(C)C. The van der Waals surface area contributed by atoms with E-state index in [2.05, 4.69) is 20.8 Å². The zero-order valence-electron chi connectivity index (χ0n) is 6.52. The fourth-order valence-electron chi connectivity index (χ4n) is 1.62. The van der Waals surface area contributed by atoms with E-state index in [1.54, 1.807) is 0 Å². The van der Waals surface area contributed by atoms with Crippen LogP contribution in [0.5, 0.6) is 0 Å². The van der Waals surface area contributed by atoms with E-state index >= 15 is 0 Å². The molecule has 1 unspecified atom stereocenters. The quantitative estimate of drug-likeness (QED) is 0.527. The highest BCUT2D eigenvalue weighted by molar-refractivity contribution is 4.86. The molecule has 0 amide bonds. The van der Waals surface area contributed by atoms with E-state index in [4.69, 9.17) is 0 Å². The van der Waals surface area contributed by atoms with Crippen molar-refractivity contribution in [3.05, 3.63) is 0 Å². The van der Waals surface area contributed by atoms with Crippen molar-refractivity contribution in [1.82, 2.24) is 0 Å². The monoisotopic (exact) mass is 128 g/mol. The van der Waals surface area contributed by atoms with E-state index in [-0.39, 0.29) is 6.10 Å². The molecule has 0 aromatic carbocycles. The largest absolute Gasteiger partial charge is 0.393 e. The molecule has 0 radical (unpaired) electrons. The average molecular weight is 128 g/mol. The molecule has 1 heteroatoms. The normalized spacial score (nSPS) is 41.3. The molecule has 1 nitrogen and oxygen atoms in total. The molecule has 0 aliphatic heterocycles. The van der Waals surface area contributed by atoms with Crippen molar-refractivity contribution >= 4 is 0 Å². The lowest BCUT2D eigenvalue weighted by Gasteiger charge is -2.22. The Kier molecular flexibility index (Phi) is 1.55. The number of hydrogen-bond acceptors (Lipinski definition) is 1. The predicted octanol–water partition coefficient (Wildman–Crippen LogP) is 1.80. The second-order valence-electron chi connectivity index (χ2n) is 3.98. The summed E-state index contributed by atoms with van der Waals surface area (Å²) in [4.78, 5) is 0. The number of hydrogen-bond donors (Lipinski definition) is 1. The molecule has 9 heavy (non-hydrogen) atoms. The summed E-state index contributed by atoms with van der Waals surface area (Å²) >= 11 is 0. The first-order valence-electron chi connectivity index (χ1n) is 3.70. The summed E-state index contributed by atoms with van der Waals surface area (Å²) in [6, 6.07) is 0. The van der Waals surface area contributed by atoms with E-state index in [1.165, 1.54) is 0 Å². The van der Waals surface area contributed by atoms with Crippen LogP contribution in [0.4, 0.5) is 0 Å². The molecular weight excluding hydrogens is 112 g/mol. The van der Waals surface area contributed by atoms with Crippen molar-refractivity contribution < 1.29 is 5.11 Å². The van der Waals surface area contributed by atoms with Crippen LogP contribution in [0.2, 0.25) is 0 Å². The highest BCUT2D eigenvalue weighted by Crippen LogP contribution is 2.41. The molecule has 54 valence electrons. The Hall–Kier alpha value is -0.0400. The van der Waals surface area contributed by atoms with Crippen molar-refractivity contribution in [2.24, 2.45) is 11.3 Å². The Labute approximate surface area is 57.1 Å². The lowest BCUT2D eigenvalue weighted by atomic mass is 9.83. The third kappa shape index (κ3) is 1.26. The molecule has 1 N–H and O–H groups in total. The van der Waals surface area contributed by atoms with Crippen molar-refractivity contribution in [2.45, 2.75) is 39.7 Å². The lowest BCUT2D eigenvalue weighted by Crippen LogP contribution is -2.13. The molecule has 0 aromatic heterocycles. The molecular formula is C8H16O. The Bertz CT molecular complexity index is 107. The molecule has 1 aliphatic carbocycles. The van der Waals surface area contributed by atoms with Crippen molar-refractivity contribution in [2.75, 3.05) is 0 Å². The molecule has 0 heterocycles. The molecule has 0 bridgehead atoms. The summed E-state index contributed by atoms with van der Waals surface area (Å²) in [6.07, 6.45) is 1.94. The van der Waals surface area contributed by atoms with Crippen LogP contribution >= 0.6 is 0 Å². The summed E-state index contributed by atoms with van der Waals surface area (Å²) < 4.78 is 0. The maximum Gasteiger partial charge on any atom is 0.0548 e. The zero-order chi connectivity index (χ0) is 7.07. The average Bonchev–Trinajstić information content (AvgIpc) is 1.79. The third-order valence-corrected chi connectivity index (χ3v) is 2.72. The third-order valence-electron chi connectivity index (χ3n) is 2.72. The van der Waals surface area contributed by atoms with Crippen LogP contribution in [-0.4, -0.2) is 11.2 Å². The van der Waals surface area contributed by atoms with Crippen LogP contribution in [-0.2, 0) is 0 Å². The second-order valence-corrected chi connectivity index (χ2v) is 3.98. The summed E-state index contributed by atoms with van der Waals surface area (Å²) in [5.74, 6) is 0.687. The van der Waals surface area contributed by atoms with E-state index in [0.29, 0.717) is 11.3 Å². The van der Waals surface area contributed by atoms with E-state index in [0.717, 1.165) is 12.8 Å².